The van der Waals surface area contributed by atoms with Crippen LogP contribution in [0.2, 0.25) is 0 Å². The lowest BCUT2D eigenvalue weighted by Crippen LogP contribution is -2.58. The predicted molar refractivity (Wildman–Crippen MR) is 606 cm³/mol. The molecule has 0 unspecified atom stereocenters. The van der Waals surface area contributed by atoms with Crippen LogP contribution in [0.25, 0.3) is 127 Å². The summed E-state index contributed by atoms with van der Waals surface area (Å²) in [7, 11) is 0. The molecule has 0 fully saturated rings. The van der Waals surface area contributed by atoms with E-state index in [0.29, 0.717) is 0 Å². The zero-order chi connectivity index (χ0) is 99.1. The highest BCUT2D eigenvalue weighted by Crippen LogP contribution is 2.55. The number of hydrogen-bond donors (Lipinski definition) is 0. The van der Waals surface area contributed by atoms with Crippen LogP contribution < -0.4 is 49.7 Å². The van der Waals surface area contributed by atoms with Crippen molar-refractivity contribution in [3.05, 3.63) is 419 Å². The molecule has 12 heteroatoms. The summed E-state index contributed by atoms with van der Waals surface area (Å²) in [5.74, 6) is 0.952. The smallest absolute Gasteiger partial charge is 0.291 e. The van der Waals surface area contributed by atoms with E-state index in [9.17, 15) is 0 Å². The zero-order valence-electron chi connectivity index (χ0n) is 86.8. The summed E-state index contributed by atoms with van der Waals surface area (Å²) in [6.07, 6.45) is 4.21. The SMILES string of the molecule is Cc1cc(C)c(B(c2ccc(-n3c4ccccc4c4ccc5c(c43)C(C)(C)c3ccccc3-5)nc2)c2c(C)cc(C)cc2C)c(C)c1.Cc1cc(C)c(B(c2nc(C)c(-n3c4ccccc4c4c5oc6ccccc6c5ccc43)c(C)n2)c2c(C)cc(C)cc2C)c(C)c1.Cc1cc(C)c(B(c2ncc(-n3c4ccccc4c4c5c(ccc43)-c3ccccc3C5(C)C)c(C)n2)c2c(C)cc(C)cc2C)c(C)c1. The average molecular weight is 1840 g/mol. The summed E-state index contributed by atoms with van der Waals surface area (Å²) in [5, 5.41) is 9.67. The molecule has 0 amide bonds. The van der Waals surface area contributed by atoms with E-state index in [4.69, 9.17) is 29.3 Å². The summed E-state index contributed by atoms with van der Waals surface area (Å²) in [5.41, 5.74) is 58.5. The molecule has 22 aromatic rings. The highest BCUT2D eigenvalue weighted by Gasteiger charge is 2.43. The Labute approximate surface area is 836 Å². The van der Waals surface area contributed by atoms with Crippen LogP contribution in [0, 0.1) is 145 Å². The molecule has 0 aliphatic heterocycles. The maximum atomic E-state index is 6.55. The predicted octanol–water partition coefficient (Wildman–Crippen LogP) is 25.9. The summed E-state index contributed by atoms with van der Waals surface area (Å²) < 4.78 is 13.7. The average Bonchev–Trinajstić information content (AvgIpc) is 1.55. The zero-order valence-corrected chi connectivity index (χ0v) is 86.8. The number of furan rings is 1. The molecular formula is C130H121B3N8O. The molecule has 15 aromatic carbocycles. The van der Waals surface area contributed by atoms with E-state index in [1.165, 1.54) is 227 Å². The molecule has 0 saturated carbocycles. The Balaban J connectivity index is 0.000000122. The molecular weight excluding hydrogens is 1720 g/mol. The first kappa shape index (κ1) is 92.1. The molecule has 24 rings (SSSR count). The van der Waals surface area contributed by atoms with Gasteiger partial charge >= 0.3 is 0 Å². The first-order valence-electron chi connectivity index (χ1n) is 50.4. The van der Waals surface area contributed by atoms with Gasteiger partial charge in [0, 0.05) is 54.7 Å². The van der Waals surface area contributed by atoms with Crippen LogP contribution in [0.15, 0.2) is 284 Å². The molecule has 0 atom stereocenters. The van der Waals surface area contributed by atoms with Gasteiger partial charge in [-0.1, -0.05) is 384 Å². The van der Waals surface area contributed by atoms with E-state index in [1.807, 2.05) is 12.1 Å². The minimum Gasteiger partial charge on any atom is -0.455 e. The van der Waals surface area contributed by atoms with Crippen molar-refractivity contribution in [3.8, 4) is 39.4 Å². The van der Waals surface area contributed by atoms with Gasteiger partial charge in [-0.05, 0) is 238 Å². The first-order valence-corrected chi connectivity index (χ1v) is 50.4. The first-order chi connectivity index (χ1) is 68.1. The minimum atomic E-state index is -0.135. The van der Waals surface area contributed by atoms with Crippen LogP contribution in [-0.4, -0.2) is 58.8 Å². The molecule has 142 heavy (non-hydrogen) atoms. The van der Waals surface area contributed by atoms with Crippen LogP contribution >= 0.6 is 0 Å². The van der Waals surface area contributed by atoms with E-state index in [-0.39, 0.29) is 31.0 Å². The van der Waals surface area contributed by atoms with E-state index in [1.54, 1.807) is 0 Å². The van der Waals surface area contributed by atoms with Crippen LogP contribution in [0.1, 0.15) is 167 Å². The lowest BCUT2D eigenvalue weighted by molar-refractivity contribution is 0.663. The van der Waals surface area contributed by atoms with Gasteiger partial charge in [-0.2, -0.15) is 0 Å². The Morgan fingerprint density at radius 1 is 0.268 bits per heavy atom. The lowest BCUT2D eigenvalue weighted by Gasteiger charge is -2.25. The van der Waals surface area contributed by atoms with E-state index >= 15 is 0 Å². The van der Waals surface area contributed by atoms with Crippen molar-refractivity contribution in [2.45, 2.75) is 184 Å². The van der Waals surface area contributed by atoms with Crippen molar-refractivity contribution < 1.29 is 4.42 Å². The fraction of sp³-hybridized carbons (Fsp3) is 0.208. The molecule has 0 spiro atoms. The summed E-state index contributed by atoms with van der Waals surface area (Å²) in [6.45, 7) is 55.8. The maximum absolute atomic E-state index is 6.55. The second-order valence-corrected chi connectivity index (χ2v) is 42.5. The van der Waals surface area contributed by atoms with Crippen molar-refractivity contribution in [2.24, 2.45) is 0 Å². The van der Waals surface area contributed by atoms with Crippen molar-refractivity contribution in [1.29, 1.82) is 0 Å². The van der Waals surface area contributed by atoms with Gasteiger partial charge in [0.05, 0.1) is 84.6 Å². The summed E-state index contributed by atoms with van der Waals surface area (Å²) in [6, 6.07) is 98.3. The third-order valence-electron chi connectivity index (χ3n) is 31.6. The largest absolute Gasteiger partial charge is 0.455 e. The fourth-order valence-corrected chi connectivity index (χ4v) is 26.5. The van der Waals surface area contributed by atoms with Gasteiger partial charge in [-0.15, -0.1) is 0 Å². The number of aryl methyl sites for hydroxylation is 21. The van der Waals surface area contributed by atoms with Crippen molar-refractivity contribution in [2.75, 3.05) is 0 Å². The molecule has 7 aromatic heterocycles. The molecule has 2 aliphatic rings. The topological polar surface area (TPSA) is 92.4 Å². The Morgan fingerprint density at radius 3 is 1.11 bits per heavy atom. The Hall–Kier alpha value is -15.0. The number of pyridine rings is 1. The highest BCUT2D eigenvalue weighted by atomic mass is 16.3. The molecule has 0 bridgehead atoms. The van der Waals surface area contributed by atoms with E-state index in [0.717, 1.165) is 89.5 Å². The van der Waals surface area contributed by atoms with Crippen LogP contribution in [0.5, 0.6) is 0 Å². The third-order valence-corrected chi connectivity index (χ3v) is 31.6. The fourth-order valence-electron chi connectivity index (χ4n) is 26.5. The van der Waals surface area contributed by atoms with Gasteiger partial charge in [-0.3, -0.25) is 4.57 Å². The number of fused-ring (bicyclic) bond motifs is 21. The molecule has 0 N–H and O–H groups in total. The normalized spacial score (nSPS) is 12.8. The molecule has 696 valence electrons. The minimum absolute atomic E-state index is 0.0697. The van der Waals surface area contributed by atoms with Crippen molar-refractivity contribution >= 4 is 157 Å². The molecule has 0 radical (unpaired) electrons. The number of hydrogen-bond acceptors (Lipinski definition) is 6. The Kier molecular flexibility index (Phi) is 22.5. The second kappa shape index (κ2) is 34.8. The Bertz CT molecular complexity index is 8750. The summed E-state index contributed by atoms with van der Waals surface area (Å²) in [4.78, 5) is 26.8. The van der Waals surface area contributed by atoms with Crippen LogP contribution in [0.4, 0.5) is 0 Å². The molecule has 7 heterocycles. The van der Waals surface area contributed by atoms with Gasteiger partial charge in [0.15, 0.2) is 0 Å². The number of rotatable bonds is 12. The van der Waals surface area contributed by atoms with Crippen LogP contribution in [0.3, 0.4) is 0 Å². The number of para-hydroxylation sites is 4. The number of benzene rings is 15. The molecule has 9 nitrogen and oxygen atoms in total. The quantitative estimate of drug-likeness (QED) is 0.113. The molecule has 0 saturated heterocycles. The Morgan fingerprint density at radius 2 is 0.634 bits per heavy atom. The van der Waals surface area contributed by atoms with Gasteiger partial charge in [0.1, 0.15) is 17.0 Å². The van der Waals surface area contributed by atoms with E-state index in [2.05, 4.69) is 454 Å². The monoisotopic (exact) mass is 1840 g/mol. The van der Waals surface area contributed by atoms with Gasteiger partial charge < -0.3 is 13.6 Å². The number of aromatic nitrogens is 8. The van der Waals surface area contributed by atoms with Gasteiger partial charge in [0.25, 0.3) is 13.4 Å². The van der Waals surface area contributed by atoms with Gasteiger partial charge in [0.2, 0.25) is 6.71 Å². The second-order valence-electron chi connectivity index (χ2n) is 42.5. The standard InChI is InChI=1S/C44H42BN3.C44H41BN2.C42H38BN3O/c1-25-20-27(3)41(28(4)21-25)45(42-29(5)22-26(2)23-30(42)6)43-46-24-38(31(7)47-43)48-36-17-13-11-15-34(36)39-37(48)19-18-33-32-14-10-12-16-35(32)44(8,9)40(33)39;1-26-21-28(3)41(29(4)22-26)45(42-30(5)23-27(2)24-31(42)6)32-17-20-39(46-25-32)47-38-16-12-10-14-34(38)36-19-18-35-33-13-9-11-15-37(33)44(7,8)40(35)43(36)47;1-23-19-25(3)38(26(4)20-23)43(39-27(5)21-24(2)22-28(39)6)42-44-29(7)40(30(8)45-42)46-34-15-11-9-14-33(34)37-35(46)18-17-32-31-13-10-12-16-36(31)47-41(32)37/h10-24H,1-9H3;9-25H,1-8H3;9-22H,1-8H3. The van der Waals surface area contributed by atoms with Crippen molar-refractivity contribution in [3.63, 3.8) is 0 Å². The van der Waals surface area contributed by atoms with Gasteiger partial charge in [-0.25, -0.2) is 24.9 Å². The van der Waals surface area contributed by atoms with Crippen molar-refractivity contribution in [1.82, 2.24) is 38.6 Å². The third kappa shape index (κ3) is 14.7. The highest BCUT2D eigenvalue weighted by molar-refractivity contribution is 6.97. The maximum Gasteiger partial charge on any atom is 0.291 e. The van der Waals surface area contributed by atoms with E-state index < -0.39 is 0 Å². The number of nitrogens with zero attached hydrogens (tertiary/aromatic N) is 8. The van der Waals surface area contributed by atoms with Crippen LogP contribution in [-0.2, 0) is 10.8 Å². The summed E-state index contributed by atoms with van der Waals surface area (Å²) >= 11 is 0. The molecule has 2 aliphatic carbocycles. The lowest BCUT2D eigenvalue weighted by atomic mass is 9.34.